The molecule has 0 bridgehead atoms. The van der Waals surface area contributed by atoms with Gasteiger partial charge in [-0.05, 0) is 27.7 Å². The number of likely N-dealkylation sites (tertiary alicyclic amines) is 1. The third-order valence-electron chi connectivity index (χ3n) is 3.75. The van der Waals surface area contributed by atoms with Crippen LogP contribution in [0.25, 0.3) is 0 Å². The van der Waals surface area contributed by atoms with E-state index >= 15 is 0 Å². The van der Waals surface area contributed by atoms with E-state index in [0.29, 0.717) is 0 Å². The third-order valence-corrected chi connectivity index (χ3v) is 3.75. The molecule has 26 heavy (non-hydrogen) atoms. The predicted octanol–water partition coefficient (Wildman–Crippen LogP) is 1.18. The third kappa shape index (κ3) is 4.50. The highest BCUT2D eigenvalue weighted by atomic mass is 16.6. The number of rotatable bonds is 4. The van der Waals surface area contributed by atoms with Crippen LogP contribution in [0.2, 0.25) is 0 Å². The highest BCUT2D eigenvalue weighted by molar-refractivity contribution is 5.86. The smallest absolute Gasteiger partial charge is 0.411 e. The topological polar surface area (TPSA) is 113 Å². The molecule has 0 saturated carbocycles. The molecular formula is C16H24N4O6. The van der Waals surface area contributed by atoms with Crippen LogP contribution in [-0.2, 0) is 19.0 Å². The van der Waals surface area contributed by atoms with Crippen LogP contribution < -0.4 is 0 Å². The van der Waals surface area contributed by atoms with Crippen LogP contribution in [0.3, 0.4) is 0 Å². The van der Waals surface area contributed by atoms with Crippen molar-refractivity contribution in [2.45, 2.75) is 51.8 Å². The molecule has 1 aromatic rings. The van der Waals surface area contributed by atoms with E-state index in [4.69, 9.17) is 14.2 Å². The summed E-state index contributed by atoms with van der Waals surface area (Å²) in [5, 5.41) is 7.71. The maximum Gasteiger partial charge on any atom is 0.411 e. The van der Waals surface area contributed by atoms with Gasteiger partial charge in [0, 0.05) is 13.0 Å². The average molecular weight is 368 g/mol. The van der Waals surface area contributed by atoms with Crippen LogP contribution in [-0.4, -0.2) is 69.8 Å². The molecular weight excluding hydrogens is 344 g/mol. The van der Waals surface area contributed by atoms with E-state index in [2.05, 4.69) is 10.3 Å². The lowest BCUT2D eigenvalue weighted by Gasteiger charge is -2.27. The Kier molecular flexibility index (Phi) is 5.83. The molecule has 0 aromatic carbocycles. The molecule has 1 aliphatic rings. The van der Waals surface area contributed by atoms with Gasteiger partial charge in [0.1, 0.15) is 11.6 Å². The summed E-state index contributed by atoms with van der Waals surface area (Å²) < 4.78 is 16.5. The molecule has 0 radical (unpaired) electrons. The van der Waals surface area contributed by atoms with Gasteiger partial charge in [0.15, 0.2) is 5.69 Å². The largest absolute Gasteiger partial charge is 0.467 e. The number of aromatic nitrogens is 3. The molecule has 1 fully saturated rings. The highest BCUT2D eigenvalue weighted by Crippen LogP contribution is 2.29. The van der Waals surface area contributed by atoms with Crippen LogP contribution >= 0.6 is 0 Å². The van der Waals surface area contributed by atoms with Crippen molar-refractivity contribution in [3.8, 4) is 0 Å². The summed E-state index contributed by atoms with van der Waals surface area (Å²) in [7, 11) is 1.26. The van der Waals surface area contributed by atoms with Crippen molar-refractivity contribution in [1.82, 2.24) is 19.9 Å². The number of ether oxygens (including phenoxy) is 3. The lowest BCUT2D eigenvalue weighted by Crippen LogP contribution is -2.43. The number of esters is 2. The van der Waals surface area contributed by atoms with Crippen molar-refractivity contribution in [1.29, 1.82) is 0 Å². The summed E-state index contributed by atoms with van der Waals surface area (Å²) in [5.74, 6) is -1.12. The molecule has 10 heteroatoms. The molecule has 144 valence electrons. The fourth-order valence-corrected chi connectivity index (χ4v) is 2.64. The minimum Gasteiger partial charge on any atom is -0.467 e. The summed E-state index contributed by atoms with van der Waals surface area (Å²) in [6.07, 6.45) is 1.11. The Bertz CT molecular complexity index is 681. The van der Waals surface area contributed by atoms with Crippen LogP contribution in [0.4, 0.5) is 4.79 Å². The molecule has 0 spiro atoms. The number of carbonyl (C=O) groups excluding carboxylic acids is 3. The number of nitrogens with zero attached hydrogens (tertiary/aromatic N) is 4. The second-order valence-electron chi connectivity index (χ2n) is 6.87. The lowest BCUT2D eigenvalue weighted by molar-refractivity contribution is -0.145. The minimum absolute atomic E-state index is 0.0668. The monoisotopic (exact) mass is 368 g/mol. The Balaban J connectivity index is 2.18. The van der Waals surface area contributed by atoms with Gasteiger partial charge in [-0.3, -0.25) is 4.90 Å². The number of amides is 1. The fourth-order valence-electron chi connectivity index (χ4n) is 2.64. The predicted molar refractivity (Wildman–Crippen MR) is 88.4 cm³/mol. The molecule has 1 aliphatic heterocycles. The molecule has 2 rings (SSSR count). The van der Waals surface area contributed by atoms with Crippen molar-refractivity contribution >= 4 is 18.0 Å². The Morgan fingerprint density at radius 3 is 2.58 bits per heavy atom. The summed E-state index contributed by atoms with van der Waals surface area (Å²) in [6, 6.07) is -1.14. The average Bonchev–Trinajstić information content (AvgIpc) is 3.19. The van der Waals surface area contributed by atoms with Crippen LogP contribution in [0, 0.1) is 0 Å². The summed E-state index contributed by atoms with van der Waals surface area (Å²) in [4.78, 5) is 37.6. The van der Waals surface area contributed by atoms with Gasteiger partial charge in [0.25, 0.3) is 0 Å². The van der Waals surface area contributed by atoms with Crippen molar-refractivity contribution in [2.75, 3.05) is 20.3 Å². The standard InChI is InChI=1S/C16H24N4O6/c1-6-25-13(21)11-9-20(18-17-11)10-7-12(14(22)24-5)19(8-10)15(23)26-16(2,3)4/h9-10,12H,6-8H2,1-5H3/t10-,12+/m0/s1. The first-order chi connectivity index (χ1) is 12.2. The van der Waals surface area contributed by atoms with Gasteiger partial charge >= 0.3 is 18.0 Å². The zero-order valence-corrected chi connectivity index (χ0v) is 15.6. The molecule has 2 heterocycles. The maximum absolute atomic E-state index is 12.4. The van der Waals surface area contributed by atoms with Gasteiger partial charge in [0.05, 0.1) is 26.0 Å². The maximum atomic E-state index is 12.4. The van der Waals surface area contributed by atoms with Gasteiger partial charge in [0.2, 0.25) is 0 Å². The second-order valence-corrected chi connectivity index (χ2v) is 6.87. The fraction of sp³-hybridized carbons (Fsp3) is 0.688. The first kappa shape index (κ1) is 19.7. The SMILES string of the molecule is CCOC(=O)c1cn([C@H]2C[C@H](C(=O)OC)N(C(=O)OC(C)(C)C)C2)nn1. The van der Waals surface area contributed by atoms with Crippen LogP contribution in [0.15, 0.2) is 6.20 Å². The molecule has 2 atom stereocenters. The molecule has 0 N–H and O–H groups in total. The Hall–Kier alpha value is -2.65. The van der Waals surface area contributed by atoms with E-state index in [-0.39, 0.29) is 31.3 Å². The molecule has 1 saturated heterocycles. The normalized spacial score (nSPS) is 20.0. The summed E-state index contributed by atoms with van der Waals surface area (Å²) >= 11 is 0. The Morgan fingerprint density at radius 1 is 1.31 bits per heavy atom. The van der Waals surface area contributed by atoms with E-state index in [1.54, 1.807) is 27.7 Å². The lowest BCUT2D eigenvalue weighted by atomic mass is 10.2. The first-order valence-corrected chi connectivity index (χ1v) is 8.32. The van der Waals surface area contributed by atoms with Crippen molar-refractivity contribution in [3.05, 3.63) is 11.9 Å². The Morgan fingerprint density at radius 2 is 2.00 bits per heavy atom. The number of hydrogen-bond donors (Lipinski definition) is 0. The molecule has 0 unspecified atom stereocenters. The van der Waals surface area contributed by atoms with E-state index in [1.807, 2.05) is 0 Å². The van der Waals surface area contributed by atoms with Gasteiger partial charge in [-0.25, -0.2) is 19.1 Å². The van der Waals surface area contributed by atoms with Crippen LogP contribution in [0.1, 0.15) is 50.6 Å². The van der Waals surface area contributed by atoms with Gasteiger partial charge in [-0.15, -0.1) is 5.10 Å². The Labute approximate surface area is 151 Å². The number of hydrogen-bond acceptors (Lipinski definition) is 8. The van der Waals surface area contributed by atoms with E-state index < -0.39 is 29.7 Å². The van der Waals surface area contributed by atoms with E-state index in [0.717, 1.165) is 0 Å². The zero-order valence-electron chi connectivity index (χ0n) is 15.6. The van der Waals surface area contributed by atoms with Crippen molar-refractivity contribution in [2.24, 2.45) is 0 Å². The van der Waals surface area contributed by atoms with Gasteiger partial charge in [-0.1, -0.05) is 5.21 Å². The molecule has 10 nitrogen and oxygen atoms in total. The van der Waals surface area contributed by atoms with Crippen LogP contribution in [0.5, 0.6) is 0 Å². The quantitative estimate of drug-likeness (QED) is 0.575. The molecule has 1 aromatic heterocycles. The first-order valence-electron chi connectivity index (χ1n) is 8.32. The number of methoxy groups -OCH3 is 1. The highest BCUT2D eigenvalue weighted by Gasteiger charge is 2.43. The zero-order chi connectivity index (χ0) is 19.5. The minimum atomic E-state index is -0.796. The van der Waals surface area contributed by atoms with Crippen molar-refractivity contribution in [3.63, 3.8) is 0 Å². The molecule has 1 amide bonds. The summed E-state index contributed by atoms with van der Waals surface area (Å²) in [6.45, 7) is 7.34. The summed E-state index contributed by atoms with van der Waals surface area (Å²) in [5.41, 5.74) is -0.627. The second kappa shape index (κ2) is 7.71. The number of carbonyl (C=O) groups is 3. The van der Waals surface area contributed by atoms with E-state index in [1.165, 1.54) is 22.9 Å². The molecule has 0 aliphatic carbocycles. The van der Waals surface area contributed by atoms with Gasteiger partial charge in [-0.2, -0.15) is 0 Å². The van der Waals surface area contributed by atoms with Gasteiger partial charge < -0.3 is 14.2 Å². The van der Waals surface area contributed by atoms with E-state index in [9.17, 15) is 14.4 Å². The van der Waals surface area contributed by atoms with Crippen molar-refractivity contribution < 1.29 is 28.6 Å².